The lowest BCUT2D eigenvalue weighted by Crippen LogP contribution is -2.59. The number of aliphatic hydroxyl groups excluding tert-OH is 4. The Hall–Kier alpha value is -1.45. The molecule has 1 saturated heterocycles. The van der Waals surface area contributed by atoms with E-state index in [2.05, 4.69) is 6.92 Å². The van der Waals surface area contributed by atoms with Gasteiger partial charge in [0, 0.05) is 24.8 Å². The second-order valence-corrected chi connectivity index (χ2v) is 14.9. The van der Waals surface area contributed by atoms with Gasteiger partial charge in [-0.1, -0.05) is 103 Å². The van der Waals surface area contributed by atoms with Crippen molar-refractivity contribution in [1.29, 1.82) is 0 Å². The number of unbranched alkanes of at least 4 members (excludes halogenated alkanes) is 15. The van der Waals surface area contributed by atoms with Crippen LogP contribution in [0.5, 0.6) is 0 Å². The van der Waals surface area contributed by atoms with Gasteiger partial charge in [-0.05, 0) is 6.42 Å². The molecule has 6 N–H and O–H groups in total. The van der Waals surface area contributed by atoms with Crippen molar-refractivity contribution in [3.63, 3.8) is 0 Å². The van der Waals surface area contributed by atoms with Gasteiger partial charge in [0.15, 0.2) is 0 Å². The van der Waals surface area contributed by atoms with Crippen molar-refractivity contribution in [2.24, 2.45) is 0 Å². The van der Waals surface area contributed by atoms with Crippen LogP contribution < -0.4 is 11.2 Å². The van der Waals surface area contributed by atoms with Crippen molar-refractivity contribution in [1.82, 2.24) is 9.13 Å². The van der Waals surface area contributed by atoms with Crippen molar-refractivity contribution < 1.29 is 49.0 Å². The highest BCUT2D eigenvalue weighted by Crippen LogP contribution is 2.33. The molecule has 15 heteroatoms. The average Bonchev–Trinajstić information content (AvgIpc) is 3.06. The molecule has 1 fully saturated rings. The summed E-state index contributed by atoms with van der Waals surface area (Å²) in [4.78, 5) is 44.6. The molecular weight excluding hydrogens is 659 g/mol. The van der Waals surface area contributed by atoms with Gasteiger partial charge in [0.2, 0.25) is 0 Å². The van der Waals surface area contributed by atoms with Crippen molar-refractivity contribution in [2.75, 3.05) is 32.8 Å². The van der Waals surface area contributed by atoms with Crippen LogP contribution in [0.25, 0.3) is 0 Å². The summed E-state index contributed by atoms with van der Waals surface area (Å²) < 4.78 is 29.5. The summed E-state index contributed by atoms with van der Waals surface area (Å²) in [6.07, 6.45) is 13.4. The van der Waals surface area contributed by atoms with Gasteiger partial charge in [-0.15, -0.1) is 0 Å². The van der Waals surface area contributed by atoms with Gasteiger partial charge in [-0.3, -0.25) is 18.5 Å². The second kappa shape index (κ2) is 24.7. The Labute approximate surface area is 290 Å². The summed E-state index contributed by atoms with van der Waals surface area (Å²) in [5.41, 5.74) is -1.27. The van der Waals surface area contributed by atoms with Gasteiger partial charge in [-0.25, -0.2) is 4.79 Å². The van der Waals surface area contributed by atoms with Crippen molar-refractivity contribution in [3.05, 3.63) is 32.6 Å². The highest BCUT2D eigenvalue weighted by atomic mass is 31.2. The molecule has 5 atom stereocenters. The quantitative estimate of drug-likeness (QED) is 0.0545. The Bertz CT molecular complexity index is 1190. The van der Waals surface area contributed by atoms with Crippen molar-refractivity contribution in [3.8, 4) is 0 Å². The standard InChI is InChI=1S/C34H63N2O12P/c1-2-3-4-5-6-7-8-9-10-11-12-13-14-15-16-17-20-46-22-19-36-33(41)27(23-28-30(38)32(40)31(39)29(25-37)48-28)24-35(34(36)42)18-21-47-26-49(43,44)45/h24,28-32,37-40H,2-23,25-26H2,1H3,(H2,43,44,45)/t28?,29-,30+,31+,32-/m1/s1. The first-order valence-corrected chi connectivity index (χ1v) is 20.1. The Morgan fingerprint density at radius 2 is 1.22 bits per heavy atom. The smallest absolute Gasteiger partial charge is 0.350 e. The zero-order valence-electron chi connectivity index (χ0n) is 29.4. The zero-order chi connectivity index (χ0) is 36.1. The van der Waals surface area contributed by atoms with Crippen LogP contribution in [0.4, 0.5) is 0 Å². The molecule has 0 amide bonds. The maximum absolute atomic E-state index is 13.4. The molecule has 0 bridgehead atoms. The summed E-state index contributed by atoms with van der Waals surface area (Å²) in [5, 5.41) is 40.3. The number of hydrogen-bond acceptors (Lipinski definition) is 10. The Morgan fingerprint density at radius 1 is 0.714 bits per heavy atom. The van der Waals surface area contributed by atoms with E-state index < -0.39 is 62.3 Å². The molecule has 0 aliphatic carbocycles. The van der Waals surface area contributed by atoms with Gasteiger partial charge in [-0.2, -0.15) is 0 Å². The molecule has 1 unspecified atom stereocenters. The van der Waals surface area contributed by atoms with Crippen LogP contribution in [0.3, 0.4) is 0 Å². The van der Waals surface area contributed by atoms with Crippen molar-refractivity contribution in [2.45, 2.75) is 160 Å². The molecule has 0 aromatic carbocycles. The number of rotatable bonds is 28. The minimum Gasteiger partial charge on any atom is -0.394 e. The van der Waals surface area contributed by atoms with E-state index in [0.717, 1.165) is 28.4 Å². The summed E-state index contributed by atoms with van der Waals surface area (Å²) >= 11 is 0. The van der Waals surface area contributed by atoms with E-state index >= 15 is 0 Å². The SMILES string of the molecule is CCCCCCCCCCCCCCCCCCOCCn1c(=O)c(CC2O[C@H](CO)[C@H](O)[C@H](O)[C@H]2O)cn(CCOCP(=O)(O)O)c1=O. The number of hydrogen-bond donors (Lipinski definition) is 6. The highest BCUT2D eigenvalue weighted by Gasteiger charge is 2.43. The van der Waals surface area contributed by atoms with Gasteiger partial charge >= 0.3 is 13.3 Å². The number of aliphatic hydroxyl groups is 4. The first-order valence-electron chi connectivity index (χ1n) is 18.3. The lowest BCUT2D eigenvalue weighted by atomic mass is 9.92. The van der Waals surface area contributed by atoms with E-state index in [4.69, 9.17) is 24.0 Å². The largest absolute Gasteiger partial charge is 0.394 e. The van der Waals surface area contributed by atoms with Gasteiger partial charge < -0.3 is 44.4 Å². The van der Waals surface area contributed by atoms with Crippen LogP contribution in [-0.2, 0) is 38.3 Å². The normalized spacial score (nSPS) is 21.4. The summed E-state index contributed by atoms with van der Waals surface area (Å²) in [5.74, 6) is 0. The molecular formula is C34H63N2O12P. The van der Waals surface area contributed by atoms with E-state index in [1.807, 2.05) is 0 Å². The lowest BCUT2D eigenvalue weighted by Gasteiger charge is -2.40. The van der Waals surface area contributed by atoms with E-state index in [0.29, 0.717) is 6.61 Å². The van der Waals surface area contributed by atoms with Crippen molar-refractivity contribution >= 4 is 7.60 Å². The van der Waals surface area contributed by atoms with Gasteiger partial charge in [0.1, 0.15) is 30.8 Å². The van der Waals surface area contributed by atoms with Crippen LogP contribution in [-0.4, -0.2) is 103 Å². The predicted molar refractivity (Wildman–Crippen MR) is 186 cm³/mol. The third-order valence-corrected chi connectivity index (χ3v) is 9.58. The van der Waals surface area contributed by atoms with Gasteiger partial charge in [0.05, 0.1) is 39.0 Å². The maximum Gasteiger partial charge on any atom is 0.350 e. The first-order chi connectivity index (χ1) is 23.5. The molecule has 1 aromatic heterocycles. The fraction of sp³-hybridized carbons (Fsp3) is 0.882. The minimum absolute atomic E-state index is 0.0525. The third kappa shape index (κ3) is 17.1. The molecule has 14 nitrogen and oxygen atoms in total. The van der Waals surface area contributed by atoms with Crippen LogP contribution in [0.1, 0.15) is 115 Å². The van der Waals surface area contributed by atoms with Gasteiger partial charge in [0.25, 0.3) is 5.56 Å². The summed E-state index contributed by atoms with van der Waals surface area (Å²) in [7, 11) is -4.41. The summed E-state index contributed by atoms with van der Waals surface area (Å²) in [6.45, 7) is 1.81. The summed E-state index contributed by atoms with van der Waals surface area (Å²) in [6, 6.07) is 0. The highest BCUT2D eigenvalue weighted by molar-refractivity contribution is 7.51. The molecule has 0 spiro atoms. The van der Waals surface area contributed by atoms with E-state index in [9.17, 15) is 34.6 Å². The minimum atomic E-state index is -4.41. The molecule has 1 aromatic rings. The molecule has 286 valence electrons. The monoisotopic (exact) mass is 722 g/mol. The molecule has 1 aliphatic heterocycles. The van der Waals surface area contributed by atoms with Crippen LogP contribution in [0.15, 0.2) is 15.8 Å². The lowest BCUT2D eigenvalue weighted by molar-refractivity contribution is -0.228. The Kier molecular flexibility index (Phi) is 22.0. The number of nitrogens with zero attached hydrogens (tertiary/aromatic N) is 2. The number of aromatic nitrogens is 2. The first kappa shape index (κ1) is 43.7. The molecule has 2 rings (SSSR count). The van der Waals surface area contributed by atoms with E-state index in [1.54, 1.807) is 0 Å². The van der Waals surface area contributed by atoms with Crippen LogP contribution >= 0.6 is 7.60 Å². The fourth-order valence-electron chi connectivity index (χ4n) is 6.13. The van der Waals surface area contributed by atoms with E-state index in [1.165, 1.54) is 89.7 Å². The van der Waals surface area contributed by atoms with E-state index in [-0.39, 0.29) is 38.3 Å². The fourth-order valence-corrected chi connectivity index (χ4v) is 6.50. The molecule has 49 heavy (non-hydrogen) atoms. The zero-order valence-corrected chi connectivity index (χ0v) is 30.3. The molecule has 0 saturated carbocycles. The van der Waals surface area contributed by atoms with Crippen LogP contribution in [0.2, 0.25) is 0 Å². The number of ether oxygens (including phenoxy) is 3. The third-order valence-electron chi connectivity index (χ3n) is 9.06. The Balaban J connectivity index is 1.79. The van der Waals surface area contributed by atoms with Crippen LogP contribution in [0, 0.1) is 0 Å². The molecule has 2 heterocycles. The second-order valence-electron chi connectivity index (χ2n) is 13.3. The maximum atomic E-state index is 13.4. The topological polar surface area (TPSA) is 210 Å². The predicted octanol–water partition coefficient (Wildman–Crippen LogP) is 2.82. The molecule has 1 aliphatic rings. The Morgan fingerprint density at radius 3 is 1.76 bits per heavy atom. The average molecular weight is 723 g/mol. The molecule has 0 radical (unpaired) electrons.